The molecule has 3 nitrogen and oxygen atoms in total. The molecule has 2 bridgehead atoms. The van der Waals surface area contributed by atoms with Crippen LogP contribution < -0.4 is 0 Å². The molecular formula is C15H24O3. The van der Waals surface area contributed by atoms with E-state index in [2.05, 4.69) is 0 Å². The second-order valence-corrected chi connectivity index (χ2v) is 7.01. The van der Waals surface area contributed by atoms with Crippen LogP contribution in [0.2, 0.25) is 0 Å². The topological polar surface area (TPSA) is 46.5 Å². The highest BCUT2D eigenvalue weighted by atomic mass is 16.5. The molecule has 1 saturated heterocycles. The van der Waals surface area contributed by atoms with Gasteiger partial charge in [-0.25, -0.2) is 0 Å². The third-order valence-corrected chi connectivity index (χ3v) is 5.76. The Morgan fingerprint density at radius 2 is 1.94 bits per heavy atom. The van der Waals surface area contributed by atoms with E-state index in [0.717, 1.165) is 25.4 Å². The molecule has 0 spiro atoms. The molecule has 0 aromatic carbocycles. The minimum Gasteiger partial charge on any atom is -0.481 e. The van der Waals surface area contributed by atoms with E-state index in [0.29, 0.717) is 23.9 Å². The number of carboxylic acid groups (broad SMARTS) is 1. The van der Waals surface area contributed by atoms with Crippen LogP contribution in [0, 0.1) is 29.1 Å². The van der Waals surface area contributed by atoms with E-state index in [1.54, 1.807) is 0 Å². The molecule has 2 saturated carbocycles. The highest BCUT2D eigenvalue weighted by Gasteiger charge is 2.58. The number of rotatable bonds is 3. The molecular weight excluding hydrogens is 228 g/mol. The maximum absolute atomic E-state index is 11.6. The molecule has 5 atom stereocenters. The van der Waals surface area contributed by atoms with Crippen molar-refractivity contribution in [2.24, 2.45) is 29.1 Å². The van der Waals surface area contributed by atoms with Crippen LogP contribution in [0.3, 0.4) is 0 Å². The van der Waals surface area contributed by atoms with E-state index in [1.807, 2.05) is 13.8 Å². The molecule has 102 valence electrons. The Balaban J connectivity index is 1.88. The lowest BCUT2D eigenvalue weighted by molar-refractivity contribution is -0.154. The van der Waals surface area contributed by atoms with Crippen molar-refractivity contribution < 1.29 is 14.6 Å². The van der Waals surface area contributed by atoms with Gasteiger partial charge in [-0.15, -0.1) is 0 Å². The molecule has 5 unspecified atom stereocenters. The summed E-state index contributed by atoms with van der Waals surface area (Å²) in [6, 6.07) is 0. The Bertz CT molecular complexity index is 344. The molecule has 3 fully saturated rings. The molecule has 1 aliphatic heterocycles. The standard InChI is InChI=1S/C15H24O3/c1-15(2,14(16)17)13-10-6-5-9(8-10)12(13)11-4-3-7-18-11/h9-13H,3-8H2,1-2H3,(H,16,17). The summed E-state index contributed by atoms with van der Waals surface area (Å²) >= 11 is 0. The number of ether oxygens (including phenoxy) is 1. The number of carboxylic acids is 1. The molecule has 3 aliphatic rings. The second-order valence-electron chi connectivity index (χ2n) is 7.01. The van der Waals surface area contributed by atoms with Gasteiger partial charge in [0.1, 0.15) is 0 Å². The van der Waals surface area contributed by atoms with E-state index in [1.165, 1.54) is 19.3 Å². The number of hydrogen-bond donors (Lipinski definition) is 1. The fourth-order valence-corrected chi connectivity index (χ4v) is 4.99. The van der Waals surface area contributed by atoms with E-state index < -0.39 is 11.4 Å². The molecule has 3 rings (SSSR count). The summed E-state index contributed by atoms with van der Waals surface area (Å²) in [5.41, 5.74) is -0.601. The van der Waals surface area contributed by atoms with Gasteiger partial charge in [0.2, 0.25) is 0 Å². The van der Waals surface area contributed by atoms with Gasteiger partial charge in [0.05, 0.1) is 11.5 Å². The zero-order valence-electron chi connectivity index (χ0n) is 11.4. The van der Waals surface area contributed by atoms with Crippen LogP contribution in [0.15, 0.2) is 0 Å². The van der Waals surface area contributed by atoms with Crippen molar-refractivity contribution in [2.75, 3.05) is 6.61 Å². The highest BCUT2D eigenvalue weighted by molar-refractivity contribution is 5.74. The van der Waals surface area contributed by atoms with E-state index in [-0.39, 0.29) is 0 Å². The van der Waals surface area contributed by atoms with Gasteiger partial charge in [-0.2, -0.15) is 0 Å². The number of carbonyl (C=O) groups is 1. The van der Waals surface area contributed by atoms with E-state index in [4.69, 9.17) is 4.74 Å². The van der Waals surface area contributed by atoms with Crippen molar-refractivity contribution >= 4 is 5.97 Å². The predicted octanol–water partition coefficient (Wildman–Crippen LogP) is 2.94. The molecule has 1 heterocycles. The van der Waals surface area contributed by atoms with Crippen LogP contribution in [-0.4, -0.2) is 23.8 Å². The van der Waals surface area contributed by atoms with Gasteiger partial charge in [-0.3, -0.25) is 4.79 Å². The quantitative estimate of drug-likeness (QED) is 0.840. The van der Waals surface area contributed by atoms with Crippen molar-refractivity contribution in [3.05, 3.63) is 0 Å². The fourth-order valence-electron chi connectivity index (χ4n) is 4.99. The van der Waals surface area contributed by atoms with Crippen LogP contribution in [0.5, 0.6) is 0 Å². The van der Waals surface area contributed by atoms with Crippen molar-refractivity contribution in [2.45, 2.75) is 52.1 Å². The summed E-state index contributed by atoms with van der Waals surface area (Å²) in [5.74, 6) is 1.52. The summed E-state index contributed by atoms with van der Waals surface area (Å²) in [5, 5.41) is 9.55. The molecule has 0 aromatic rings. The maximum Gasteiger partial charge on any atom is 0.309 e. The SMILES string of the molecule is CC(C)(C(=O)O)C1C2CCC(C2)C1C1CCCO1. The molecule has 0 radical (unpaired) electrons. The Hall–Kier alpha value is -0.570. The summed E-state index contributed by atoms with van der Waals surface area (Å²) in [7, 11) is 0. The lowest BCUT2D eigenvalue weighted by atomic mass is 9.63. The van der Waals surface area contributed by atoms with Crippen LogP contribution in [-0.2, 0) is 9.53 Å². The first-order valence-electron chi connectivity index (χ1n) is 7.37. The molecule has 0 amide bonds. The van der Waals surface area contributed by atoms with E-state index in [9.17, 15) is 9.90 Å². The molecule has 18 heavy (non-hydrogen) atoms. The summed E-state index contributed by atoms with van der Waals surface area (Å²) < 4.78 is 5.90. The largest absolute Gasteiger partial charge is 0.481 e. The normalized spacial score (nSPS) is 43.6. The lowest BCUT2D eigenvalue weighted by Crippen LogP contribution is -2.44. The average molecular weight is 252 g/mol. The third-order valence-electron chi connectivity index (χ3n) is 5.76. The predicted molar refractivity (Wildman–Crippen MR) is 68.2 cm³/mol. The van der Waals surface area contributed by atoms with Gasteiger partial charge in [-0.05, 0) is 69.6 Å². The Morgan fingerprint density at radius 1 is 1.22 bits per heavy atom. The van der Waals surface area contributed by atoms with Gasteiger partial charge in [0.15, 0.2) is 0 Å². The van der Waals surface area contributed by atoms with Gasteiger partial charge in [0, 0.05) is 6.61 Å². The highest BCUT2D eigenvalue weighted by Crippen LogP contribution is 2.60. The number of hydrogen-bond acceptors (Lipinski definition) is 2. The first-order valence-corrected chi connectivity index (χ1v) is 7.37. The summed E-state index contributed by atoms with van der Waals surface area (Å²) in [6.45, 7) is 4.71. The number of aliphatic carboxylic acids is 1. The van der Waals surface area contributed by atoms with Gasteiger partial charge < -0.3 is 9.84 Å². The average Bonchev–Trinajstić information content (AvgIpc) is 3.03. The van der Waals surface area contributed by atoms with Gasteiger partial charge >= 0.3 is 5.97 Å². The molecule has 2 aliphatic carbocycles. The lowest BCUT2D eigenvalue weighted by Gasteiger charge is -2.42. The Morgan fingerprint density at radius 3 is 2.56 bits per heavy atom. The minimum atomic E-state index is -0.636. The first-order chi connectivity index (χ1) is 8.51. The van der Waals surface area contributed by atoms with Gasteiger partial charge in [0.25, 0.3) is 0 Å². The Labute approximate surface area is 109 Å². The van der Waals surface area contributed by atoms with E-state index >= 15 is 0 Å². The van der Waals surface area contributed by atoms with Crippen molar-refractivity contribution in [1.82, 2.24) is 0 Å². The number of fused-ring (bicyclic) bond motifs is 2. The monoisotopic (exact) mass is 252 g/mol. The summed E-state index contributed by atoms with van der Waals surface area (Å²) in [4.78, 5) is 11.6. The maximum atomic E-state index is 11.6. The molecule has 1 N–H and O–H groups in total. The molecule has 0 aromatic heterocycles. The summed E-state index contributed by atoms with van der Waals surface area (Å²) in [6.07, 6.45) is 6.39. The van der Waals surface area contributed by atoms with Crippen molar-refractivity contribution in [1.29, 1.82) is 0 Å². The molecule has 3 heteroatoms. The fraction of sp³-hybridized carbons (Fsp3) is 0.933. The van der Waals surface area contributed by atoms with Crippen LogP contribution in [0.1, 0.15) is 46.0 Å². The third kappa shape index (κ3) is 1.70. The smallest absolute Gasteiger partial charge is 0.309 e. The van der Waals surface area contributed by atoms with Crippen LogP contribution in [0.25, 0.3) is 0 Å². The van der Waals surface area contributed by atoms with Crippen LogP contribution in [0.4, 0.5) is 0 Å². The zero-order chi connectivity index (χ0) is 12.9. The van der Waals surface area contributed by atoms with Gasteiger partial charge in [-0.1, -0.05) is 0 Å². The van der Waals surface area contributed by atoms with Crippen molar-refractivity contribution in [3.8, 4) is 0 Å². The van der Waals surface area contributed by atoms with Crippen LogP contribution >= 0.6 is 0 Å². The minimum absolute atomic E-state index is 0.317. The zero-order valence-corrected chi connectivity index (χ0v) is 11.4. The van der Waals surface area contributed by atoms with Crippen molar-refractivity contribution in [3.63, 3.8) is 0 Å². The first kappa shape index (κ1) is 12.5. The Kier molecular flexibility index (Phi) is 2.92. The second kappa shape index (κ2) is 4.22.